The summed E-state index contributed by atoms with van der Waals surface area (Å²) >= 11 is 0. The summed E-state index contributed by atoms with van der Waals surface area (Å²) in [4.78, 5) is 0. The SMILES string of the molecule is CCC(CC)(CN)COCC1CC1. The first kappa shape index (κ1) is 11.0. The molecule has 0 amide bonds. The Morgan fingerprint density at radius 2 is 1.92 bits per heavy atom. The standard InChI is InChI=1S/C11H23NO/c1-3-11(4-2,8-12)9-13-7-10-5-6-10/h10H,3-9,12H2,1-2H3. The van der Waals surface area contributed by atoms with Crippen LogP contribution in [0.4, 0.5) is 0 Å². The van der Waals surface area contributed by atoms with Crippen LogP contribution >= 0.6 is 0 Å². The summed E-state index contributed by atoms with van der Waals surface area (Å²) in [6.45, 7) is 6.98. The Bertz CT molecular complexity index is 131. The van der Waals surface area contributed by atoms with Gasteiger partial charge in [-0.2, -0.15) is 0 Å². The Morgan fingerprint density at radius 1 is 1.31 bits per heavy atom. The smallest absolute Gasteiger partial charge is 0.0534 e. The molecule has 1 aliphatic rings. The largest absolute Gasteiger partial charge is 0.381 e. The van der Waals surface area contributed by atoms with Gasteiger partial charge >= 0.3 is 0 Å². The minimum atomic E-state index is 0.245. The van der Waals surface area contributed by atoms with E-state index in [2.05, 4.69) is 13.8 Å². The summed E-state index contributed by atoms with van der Waals surface area (Å²) < 4.78 is 5.72. The molecule has 0 aromatic carbocycles. The summed E-state index contributed by atoms with van der Waals surface area (Å²) in [6, 6.07) is 0. The molecule has 0 radical (unpaired) electrons. The van der Waals surface area contributed by atoms with Crippen molar-refractivity contribution in [2.24, 2.45) is 17.1 Å². The zero-order valence-electron chi connectivity index (χ0n) is 9.01. The van der Waals surface area contributed by atoms with Crippen LogP contribution < -0.4 is 5.73 Å². The molecule has 0 saturated heterocycles. The average molecular weight is 185 g/mol. The highest BCUT2D eigenvalue weighted by Crippen LogP contribution is 2.31. The van der Waals surface area contributed by atoms with Crippen molar-refractivity contribution in [2.75, 3.05) is 19.8 Å². The van der Waals surface area contributed by atoms with E-state index >= 15 is 0 Å². The van der Waals surface area contributed by atoms with Gasteiger partial charge in [-0.1, -0.05) is 13.8 Å². The van der Waals surface area contributed by atoms with E-state index in [-0.39, 0.29) is 5.41 Å². The van der Waals surface area contributed by atoms with E-state index in [0.29, 0.717) is 0 Å². The molecule has 0 spiro atoms. The Morgan fingerprint density at radius 3 is 2.31 bits per heavy atom. The van der Waals surface area contributed by atoms with Gasteiger partial charge < -0.3 is 10.5 Å². The van der Waals surface area contributed by atoms with E-state index in [1.807, 2.05) is 0 Å². The summed E-state index contributed by atoms with van der Waals surface area (Å²) in [7, 11) is 0. The highest BCUT2D eigenvalue weighted by molar-refractivity contribution is 4.78. The molecule has 0 bridgehead atoms. The van der Waals surface area contributed by atoms with Crippen LogP contribution in [0.5, 0.6) is 0 Å². The van der Waals surface area contributed by atoms with Crippen molar-refractivity contribution >= 4 is 0 Å². The van der Waals surface area contributed by atoms with Gasteiger partial charge in [-0.05, 0) is 31.6 Å². The molecule has 0 aromatic heterocycles. The molecule has 2 nitrogen and oxygen atoms in total. The fourth-order valence-corrected chi connectivity index (χ4v) is 1.53. The van der Waals surface area contributed by atoms with Crippen molar-refractivity contribution in [3.05, 3.63) is 0 Å². The van der Waals surface area contributed by atoms with Crippen LogP contribution in [0.2, 0.25) is 0 Å². The topological polar surface area (TPSA) is 35.2 Å². The fraction of sp³-hybridized carbons (Fsp3) is 1.00. The van der Waals surface area contributed by atoms with Crippen molar-refractivity contribution in [1.29, 1.82) is 0 Å². The lowest BCUT2D eigenvalue weighted by Gasteiger charge is -2.29. The van der Waals surface area contributed by atoms with Crippen LogP contribution in [0.25, 0.3) is 0 Å². The molecule has 0 heterocycles. The fourth-order valence-electron chi connectivity index (χ4n) is 1.53. The lowest BCUT2D eigenvalue weighted by atomic mass is 9.83. The number of ether oxygens (including phenoxy) is 1. The maximum absolute atomic E-state index is 5.78. The molecule has 1 aliphatic carbocycles. The second-order valence-corrected chi connectivity index (χ2v) is 4.37. The third-order valence-corrected chi connectivity index (χ3v) is 3.39. The van der Waals surface area contributed by atoms with Gasteiger partial charge in [0, 0.05) is 18.6 Å². The third-order valence-electron chi connectivity index (χ3n) is 3.39. The normalized spacial score (nSPS) is 17.8. The molecule has 1 fully saturated rings. The van der Waals surface area contributed by atoms with E-state index < -0.39 is 0 Å². The van der Waals surface area contributed by atoms with Crippen molar-refractivity contribution in [2.45, 2.75) is 39.5 Å². The number of rotatable bonds is 7. The van der Waals surface area contributed by atoms with E-state index in [1.165, 1.54) is 12.8 Å². The van der Waals surface area contributed by atoms with Crippen molar-refractivity contribution < 1.29 is 4.74 Å². The summed E-state index contributed by atoms with van der Waals surface area (Å²) in [5.41, 5.74) is 6.03. The number of nitrogens with two attached hydrogens (primary N) is 1. The lowest BCUT2D eigenvalue weighted by Crippen LogP contribution is -2.34. The molecule has 0 atom stereocenters. The molecular weight excluding hydrogens is 162 g/mol. The molecule has 2 heteroatoms. The first-order chi connectivity index (χ1) is 6.26. The van der Waals surface area contributed by atoms with E-state index in [9.17, 15) is 0 Å². The van der Waals surface area contributed by atoms with Gasteiger partial charge in [0.1, 0.15) is 0 Å². The second kappa shape index (κ2) is 4.97. The van der Waals surface area contributed by atoms with Crippen molar-refractivity contribution in [1.82, 2.24) is 0 Å². The molecule has 1 rings (SSSR count). The predicted molar refractivity (Wildman–Crippen MR) is 55.6 cm³/mol. The lowest BCUT2D eigenvalue weighted by molar-refractivity contribution is 0.0371. The van der Waals surface area contributed by atoms with Crippen LogP contribution in [0.1, 0.15) is 39.5 Å². The van der Waals surface area contributed by atoms with Gasteiger partial charge in [-0.3, -0.25) is 0 Å². The maximum Gasteiger partial charge on any atom is 0.0534 e. The predicted octanol–water partition coefficient (Wildman–Crippen LogP) is 2.18. The van der Waals surface area contributed by atoms with Gasteiger partial charge in [0.25, 0.3) is 0 Å². The molecule has 1 saturated carbocycles. The Kier molecular flexibility index (Phi) is 4.20. The third kappa shape index (κ3) is 3.28. The Labute approximate surface area is 81.8 Å². The Balaban J connectivity index is 2.19. The average Bonchev–Trinajstić information content (AvgIpc) is 2.97. The van der Waals surface area contributed by atoms with Crippen molar-refractivity contribution in [3.8, 4) is 0 Å². The first-order valence-electron chi connectivity index (χ1n) is 5.54. The molecule has 13 heavy (non-hydrogen) atoms. The van der Waals surface area contributed by atoms with Gasteiger partial charge in [0.2, 0.25) is 0 Å². The van der Waals surface area contributed by atoms with E-state index in [1.54, 1.807) is 0 Å². The second-order valence-electron chi connectivity index (χ2n) is 4.37. The van der Waals surface area contributed by atoms with Gasteiger partial charge in [-0.15, -0.1) is 0 Å². The first-order valence-corrected chi connectivity index (χ1v) is 5.54. The zero-order valence-corrected chi connectivity index (χ0v) is 9.01. The molecule has 0 aliphatic heterocycles. The van der Waals surface area contributed by atoms with E-state index in [4.69, 9.17) is 10.5 Å². The Hall–Kier alpha value is -0.0800. The molecular formula is C11H23NO. The number of hydrogen-bond donors (Lipinski definition) is 1. The van der Waals surface area contributed by atoms with Gasteiger partial charge in [0.15, 0.2) is 0 Å². The van der Waals surface area contributed by atoms with Crippen LogP contribution in [0.15, 0.2) is 0 Å². The zero-order chi connectivity index (χ0) is 9.73. The van der Waals surface area contributed by atoms with Gasteiger partial charge in [-0.25, -0.2) is 0 Å². The van der Waals surface area contributed by atoms with Gasteiger partial charge in [0.05, 0.1) is 6.61 Å². The quantitative estimate of drug-likeness (QED) is 0.660. The van der Waals surface area contributed by atoms with Crippen molar-refractivity contribution in [3.63, 3.8) is 0 Å². The minimum Gasteiger partial charge on any atom is -0.381 e. The number of hydrogen-bond acceptors (Lipinski definition) is 2. The minimum absolute atomic E-state index is 0.245. The molecule has 0 unspecified atom stereocenters. The highest BCUT2D eigenvalue weighted by Gasteiger charge is 2.27. The van der Waals surface area contributed by atoms with Crippen LogP contribution in [0.3, 0.4) is 0 Å². The monoisotopic (exact) mass is 185 g/mol. The van der Waals surface area contributed by atoms with Crippen LogP contribution in [-0.2, 0) is 4.74 Å². The maximum atomic E-state index is 5.78. The summed E-state index contributed by atoms with van der Waals surface area (Å²) in [5.74, 6) is 0.865. The molecule has 2 N–H and O–H groups in total. The molecule has 78 valence electrons. The highest BCUT2D eigenvalue weighted by atomic mass is 16.5. The van der Waals surface area contributed by atoms with Crippen LogP contribution in [0, 0.1) is 11.3 Å². The summed E-state index contributed by atoms with van der Waals surface area (Å²) in [5, 5.41) is 0. The van der Waals surface area contributed by atoms with E-state index in [0.717, 1.165) is 38.5 Å². The molecule has 0 aromatic rings. The summed E-state index contributed by atoms with van der Waals surface area (Å²) in [6.07, 6.45) is 5.00. The van der Waals surface area contributed by atoms with Crippen LogP contribution in [-0.4, -0.2) is 19.8 Å².